The van der Waals surface area contributed by atoms with Crippen LogP contribution < -0.4 is 20.1 Å². The highest BCUT2D eigenvalue weighted by molar-refractivity contribution is 14.1. The maximum atomic E-state index is 15.9. The fourth-order valence-corrected chi connectivity index (χ4v) is 11.5. The number of benzene rings is 4. The summed E-state index contributed by atoms with van der Waals surface area (Å²) in [6.45, 7) is 12.7. The lowest BCUT2D eigenvalue weighted by Gasteiger charge is -2.21. The molecule has 4 aromatic carbocycles. The molecule has 0 spiro atoms. The van der Waals surface area contributed by atoms with Crippen LogP contribution in [0.3, 0.4) is 0 Å². The molecule has 0 radical (unpaired) electrons. The number of carbonyl (C=O) groups excluding carboxylic acids is 1. The van der Waals surface area contributed by atoms with Crippen LogP contribution in [0, 0.1) is 14.3 Å². The molecule has 0 unspecified atom stereocenters. The molecule has 0 saturated heterocycles. The number of hydrogen-bond acceptors (Lipinski definition) is 7. The van der Waals surface area contributed by atoms with E-state index in [1.165, 1.54) is 0 Å². The molecule has 0 fully saturated rings. The molecule has 6 aromatic rings. The average Bonchev–Trinajstić information content (AvgIpc) is 3.75. The molecule has 0 saturated carbocycles. The largest absolute Gasteiger partial charge is 0.490 e. The number of ether oxygens (including phenoxy) is 2. The van der Waals surface area contributed by atoms with Crippen molar-refractivity contribution in [2.75, 3.05) is 39.4 Å². The zero-order valence-electron chi connectivity index (χ0n) is 32.3. The number of aryl methyl sites for hydroxylation is 2. The smallest absolute Gasteiger partial charge is 0.194 e. The molecule has 0 atom stereocenters. The maximum absolute atomic E-state index is 15.9. The van der Waals surface area contributed by atoms with E-state index in [1.54, 1.807) is 0 Å². The molecule has 2 N–H and O–H groups in total. The van der Waals surface area contributed by atoms with Crippen LogP contribution >= 0.6 is 90.4 Å². The summed E-state index contributed by atoms with van der Waals surface area (Å²) >= 11 is 9.46. The van der Waals surface area contributed by atoms with Crippen LogP contribution in [0.4, 0.5) is 0 Å². The van der Waals surface area contributed by atoms with Crippen LogP contribution in [0.1, 0.15) is 80.8 Å². The molecule has 0 aliphatic carbocycles. The number of rotatable bonds is 20. The van der Waals surface area contributed by atoms with Gasteiger partial charge in [-0.05, 0) is 141 Å². The summed E-state index contributed by atoms with van der Waals surface area (Å²) in [5.74, 6) is 3.25. The molecule has 6 rings (SSSR count). The Balaban J connectivity index is 1.65. The minimum Gasteiger partial charge on any atom is -0.490 e. The van der Waals surface area contributed by atoms with E-state index in [2.05, 4.69) is 141 Å². The molecule has 296 valence electrons. The molecule has 0 amide bonds. The Morgan fingerprint density at radius 1 is 0.607 bits per heavy atom. The summed E-state index contributed by atoms with van der Waals surface area (Å²) in [7, 11) is 0. The highest BCUT2D eigenvalue weighted by atomic mass is 127. The first-order valence-corrected chi connectivity index (χ1v) is 23.8. The molecule has 0 bridgehead atoms. The standard InChI is InChI=1S/C45H48I4N2O5/c1-5-9-17-35-37(27-15-11-13-19-33(27)55-35)39-29(25-31(46)44(41(39)48)53-23-21-50-7-3)43(52)30-26-32(47)45(54-24-22-51-8-4)42(49)40(30)38-28-16-12-14-20-34(28)56-36(38)18-10-6-2/h11-16,19-20,25-26,50-51H,5-10,17-18,21-24H2,1-4H3. The number of nitrogens with one attached hydrogen (secondary N) is 2. The van der Waals surface area contributed by atoms with Crippen molar-refractivity contribution in [3.05, 3.63) is 97.6 Å². The second-order valence-electron chi connectivity index (χ2n) is 13.6. The Morgan fingerprint density at radius 3 is 1.41 bits per heavy atom. The number of unbranched alkanes of at least 4 members (excludes halogenated alkanes) is 2. The van der Waals surface area contributed by atoms with Gasteiger partial charge in [0.1, 0.15) is 47.4 Å². The number of fused-ring (bicyclic) bond motifs is 2. The third kappa shape index (κ3) is 9.42. The minimum absolute atomic E-state index is 0.0708. The van der Waals surface area contributed by atoms with Gasteiger partial charge in [-0.15, -0.1) is 0 Å². The summed E-state index contributed by atoms with van der Waals surface area (Å²) < 4.78 is 29.8. The minimum atomic E-state index is -0.0708. The second kappa shape index (κ2) is 20.9. The predicted octanol–water partition coefficient (Wildman–Crippen LogP) is 12.8. The average molecular weight is 1200 g/mol. The van der Waals surface area contributed by atoms with Gasteiger partial charge in [0.05, 0.1) is 14.3 Å². The normalized spacial score (nSPS) is 11.6. The van der Waals surface area contributed by atoms with E-state index in [0.717, 1.165) is 146 Å². The van der Waals surface area contributed by atoms with Crippen molar-refractivity contribution >= 4 is 118 Å². The van der Waals surface area contributed by atoms with Crippen LogP contribution in [0.15, 0.2) is 69.5 Å². The SMILES string of the molecule is CCCCc1oc2ccccc2c1-c1c(C(=O)c2cc(I)c(OCCNCC)c(I)c2-c2c(CCCC)oc3ccccc23)cc(I)c(OCCNCC)c1I. The summed E-state index contributed by atoms with van der Waals surface area (Å²) in [6.07, 6.45) is 5.49. The monoisotopic (exact) mass is 1200 g/mol. The molecule has 0 aliphatic heterocycles. The quantitative estimate of drug-likeness (QED) is 0.0447. The van der Waals surface area contributed by atoms with Gasteiger partial charge in [-0.2, -0.15) is 0 Å². The van der Waals surface area contributed by atoms with Gasteiger partial charge in [-0.1, -0.05) is 76.9 Å². The van der Waals surface area contributed by atoms with Crippen LogP contribution in [0.2, 0.25) is 0 Å². The van der Waals surface area contributed by atoms with Gasteiger partial charge in [0, 0.05) is 70.1 Å². The zero-order valence-corrected chi connectivity index (χ0v) is 40.9. The first kappa shape index (κ1) is 43.6. The van der Waals surface area contributed by atoms with Gasteiger partial charge >= 0.3 is 0 Å². The summed E-state index contributed by atoms with van der Waals surface area (Å²) in [5.41, 5.74) is 6.45. The van der Waals surface area contributed by atoms with Gasteiger partial charge in [0.2, 0.25) is 0 Å². The van der Waals surface area contributed by atoms with E-state index >= 15 is 4.79 Å². The van der Waals surface area contributed by atoms with Crippen LogP contribution in [-0.2, 0) is 12.8 Å². The van der Waals surface area contributed by atoms with Crippen LogP contribution in [0.5, 0.6) is 11.5 Å². The van der Waals surface area contributed by atoms with Crippen molar-refractivity contribution in [1.82, 2.24) is 10.6 Å². The highest BCUT2D eigenvalue weighted by Crippen LogP contribution is 2.48. The highest BCUT2D eigenvalue weighted by Gasteiger charge is 2.32. The Labute approximate surface area is 384 Å². The lowest BCUT2D eigenvalue weighted by atomic mass is 9.87. The van der Waals surface area contributed by atoms with Crippen LogP contribution in [-0.4, -0.2) is 45.2 Å². The molecular weight excluding hydrogens is 1160 g/mol. The van der Waals surface area contributed by atoms with Crippen molar-refractivity contribution in [2.24, 2.45) is 0 Å². The van der Waals surface area contributed by atoms with Gasteiger partial charge in [-0.25, -0.2) is 0 Å². The van der Waals surface area contributed by atoms with Crippen molar-refractivity contribution < 1.29 is 23.1 Å². The Bertz CT molecular complexity index is 2150. The number of ketones is 1. The van der Waals surface area contributed by atoms with Gasteiger partial charge in [-0.3, -0.25) is 4.79 Å². The number of likely N-dealkylation sites (N-methyl/N-ethyl adjacent to an activating group) is 2. The van der Waals surface area contributed by atoms with Crippen molar-refractivity contribution in [1.29, 1.82) is 0 Å². The molecule has 0 aliphatic rings. The second-order valence-corrected chi connectivity index (χ2v) is 18.1. The molecule has 2 aromatic heterocycles. The molecule has 2 heterocycles. The molecule has 11 heteroatoms. The fraction of sp³-hybridized carbons (Fsp3) is 0.356. The third-order valence-corrected chi connectivity index (χ3v) is 13.4. The van der Waals surface area contributed by atoms with Gasteiger partial charge in [0.15, 0.2) is 5.78 Å². The van der Waals surface area contributed by atoms with Gasteiger partial charge < -0.3 is 28.9 Å². The van der Waals surface area contributed by atoms with Gasteiger partial charge in [0.25, 0.3) is 0 Å². The number of hydrogen-bond donors (Lipinski definition) is 2. The summed E-state index contributed by atoms with van der Waals surface area (Å²) in [6, 6.07) is 20.4. The Morgan fingerprint density at radius 2 is 1.02 bits per heavy atom. The summed E-state index contributed by atoms with van der Waals surface area (Å²) in [5, 5.41) is 8.71. The first-order chi connectivity index (χ1) is 27.2. The topological polar surface area (TPSA) is 85.9 Å². The predicted molar refractivity (Wildman–Crippen MR) is 263 cm³/mol. The third-order valence-electron chi connectivity index (χ3n) is 9.74. The van der Waals surface area contributed by atoms with Crippen molar-refractivity contribution in [3.63, 3.8) is 0 Å². The van der Waals surface area contributed by atoms with Crippen LogP contribution in [0.25, 0.3) is 44.2 Å². The first-order valence-electron chi connectivity index (χ1n) is 19.5. The van der Waals surface area contributed by atoms with Crippen molar-refractivity contribution in [3.8, 4) is 33.8 Å². The zero-order chi connectivity index (χ0) is 39.8. The van der Waals surface area contributed by atoms with E-state index in [0.29, 0.717) is 24.3 Å². The van der Waals surface area contributed by atoms with E-state index in [4.69, 9.17) is 18.3 Å². The molecular formula is C45H48I4N2O5. The lowest BCUT2D eigenvalue weighted by Crippen LogP contribution is -2.21. The summed E-state index contributed by atoms with van der Waals surface area (Å²) in [4.78, 5) is 15.9. The fourth-order valence-electron chi connectivity index (χ4n) is 7.03. The van der Waals surface area contributed by atoms with E-state index in [-0.39, 0.29) is 5.78 Å². The van der Waals surface area contributed by atoms with E-state index in [1.807, 2.05) is 48.5 Å². The Hall–Kier alpha value is -1.93. The Kier molecular flexibility index (Phi) is 16.3. The number of carbonyl (C=O) groups is 1. The van der Waals surface area contributed by atoms with E-state index < -0.39 is 0 Å². The number of para-hydroxylation sites is 2. The molecule has 7 nitrogen and oxygen atoms in total. The maximum Gasteiger partial charge on any atom is 0.194 e. The number of halogens is 4. The van der Waals surface area contributed by atoms with Crippen molar-refractivity contribution in [2.45, 2.75) is 66.2 Å². The number of furan rings is 2. The molecule has 56 heavy (non-hydrogen) atoms. The van der Waals surface area contributed by atoms with E-state index in [9.17, 15) is 0 Å². The lowest BCUT2D eigenvalue weighted by molar-refractivity contribution is 0.103.